The van der Waals surface area contributed by atoms with Crippen LogP contribution in [0.2, 0.25) is 0 Å². The molecule has 0 atom stereocenters. The van der Waals surface area contributed by atoms with E-state index in [4.69, 9.17) is 0 Å². The molecule has 0 saturated heterocycles. The minimum absolute atomic E-state index is 0.528. The fourth-order valence-electron chi connectivity index (χ4n) is 0.224. The predicted molar refractivity (Wildman–Crippen MR) is 49.0 cm³/mol. The molecule has 1 nitrogen and oxygen atoms in total. The minimum atomic E-state index is 0.528. The first-order valence-electron chi connectivity index (χ1n) is 2.66. The van der Waals surface area contributed by atoms with Gasteiger partial charge < -0.3 is 0 Å². The van der Waals surface area contributed by atoms with Crippen LogP contribution in [0.15, 0.2) is 15.5 Å². The Bertz CT molecular complexity index is 120. The molecule has 9 heavy (non-hydrogen) atoms. The molecule has 0 bridgehead atoms. The molecule has 0 saturated carbocycles. The van der Waals surface area contributed by atoms with Crippen LogP contribution in [0.4, 0.5) is 0 Å². The summed E-state index contributed by atoms with van der Waals surface area (Å²) in [5.74, 6) is 0.528. The Kier molecular flexibility index (Phi) is 5.19. The van der Waals surface area contributed by atoms with E-state index in [9.17, 15) is 0 Å². The number of rotatable bonds is 3. The average Bonchev–Trinajstić information content (AvgIpc) is 1.82. The second-order valence-corrected chi connectivity index (χ2v) is 3.32. The van der Waals surface area contributed by atoms with Crippen molar-refractivity contribution in [2.75, 3.05) is 0 Å². The summed E-state index contributed by atoms with van der Waals surface area (Å²) in [6.07, 6.45) is 0. The number of hydrogen-bond acceptors (Lipinski definition) is 2. The van der Waals surface area contributed by atoms with E-state index >= 15 is 0 Å². The van der Waals surface area contributed by atoms with Gasteiger partial charge in [0.2, 0.25) is 0 Å². The zero-order chi connectivity index (χ0) is 7.28. The maximum atomic E-state index is 3.84. The van der Waals surface area contributed by atoms with Crippen molar-refractivity contribution in [2.24, 2.45) is 9.94 Å². The van der Waals surface area contributed by atoms with E-state index in [1.54, 1.807) is 17.3 Å². The summed E-state index contributed by atoms with van der Waals surface area (Å²) in [4.78, 5) is 1.14. The number of halogens is 1. The minimum Gasteiger partial charge on any atom is -0.208 e. The van der Waals surface area contributed by atoms with Crippen molar-refractivity contribution in [3.63, 3.8) is 0 Å². The summed E-state index contributed by atoms with van der Waals surface area (Å²) in [6, 6.07) is 0. The number of nitrogens with zero attached hydrogens (tertiary/aromatic N) is 1. The molecule has 0 aromatic heterocycles. The highest BCUT2D eigenvalue weighted by Gasteiger charge is 1.96. The maximum absolute atomic E-state index is 3.84. The fourth-order valence-corrected chi connectivity index (χ4v) is 0.922. The molecule has 52 valence electrons. The normalized spacial score (nSPS) is 11.1. The lowest BCUT2D eigenvalue weighted by Crippen LogP contribution is -1.85. The van der Waals surface area contributed by atoms with Gasteiger partial charge in [-0.15, -0.1) is 0 Å². The lowest BCUT2D eigenvalue weighted by Gasteiger charge is -2.02. The van der Waals surface area contributed by atoms with Crippen molar-refractivity contribution in [1.29, 1.82) is 0 Å². The molecule has 3 heteroatoms. The van der Waals surface area contributed by atoms with Gasteiger partial charge in [-0.3, -0.25) is 0 Å². The first-order chi connectivity index (χ1) is 4.18. The van der Waals surface area contributed by atoms with Gasteiger partial charge in [0.15, 0.2) is 0 Å². The Balaban J connectivity index is 3.51. The Labute approximate surface area is 69.0 Å². The molecule has 0 fully saturated rings. The molecule has 0 aromatic rings. The van der Waals surface area contributed by atoms with Crippen molar-refractivity contribution in [1.82, 2.24) is 0 Å². The fraction of sp³-hybridized carbons (Fsp3) is 0.500. The van der Waals surface area contributed by atoms with Gasteiger partial charge >= 0.3 is 0 Å². The second kappa shape index (κ2) is 5.06. The van der Waals surface area contributed by atoms with Crippen molar-refractivity contribution in [3.8, 4) is 0 Å². The van der Waals surface area contributed by atoms with Gasteiger partial charge in [-0.25, -0.2) is 4.02 Å². The van der Waals surface area contributed by atoms with Crippen LogP contribution in [0.3, 0.4) is 0 Å². The molecular weight excluding hydrogens is 198 g/mol. The lowest BCUT2D eigenvalue weighted by atomic mass is 10.2. The van der Waals surface area contributed by atoms with Gasteiger partial charge in [-0.1, -0.05) is 32.2 Å². The molecule has 0 spiro atoms. The molecule has 0 aliphatic heterocycles. The SMILES string of the molecule is C=C(S/C=N\Br)C(C)C. The summed E-state index contributed by atoms with van der Waals surface area (Å²) in [5.41, 5.74) is 1.72. The van der Waals surface area contributed by atoms with E-state index in [1.165, 1.54) is 0 Å². The number of allylic oxidation sites excluding steroid dienone is 1. The standard InChI is InChI=1S/C6H10BrNS/c1-5(2)6(3)9-4-8-7/h4-5H,3H2,1-2H3/b8-4-. The van der Waals surface area contributed by atoms with Crippen LogP contribution in [0, 0.1) is 5.92 Å². The van der Waals surface area contributed by atoms with Gasteiger partial charge in [0.1, 0.15) is 0 Å². The van der Waals surface area contributed by atoms with Crippen molar-refractivity contribution in [3.05, 3.63) is 11.5 Å². The average molecular weight is 208 g/mol. The predicted octanol–water partition coefficient (Wildman–Crippen LogP) is 3.23. The Hall–Kier alpha value is 0.240. The number of thioether (sulfide) groups is 1. The molecule has 0 aliphatic rings. The molecule has 0 aliphatic carbocycles. The highest BCUT2D eigenvalue weighted by atomic mass is 79.9. The Morgan fingerprint density at radius 1 is 1.78 bits per heavy atom. The van der Waals surface area contributed by atoms with Gasteiger partial charge in [-0.2, -0.15) is 0 Å². The van der Waals surface area contributed by atoms with E-state index in [0.717, 1.165) is 4.91 Å². The maximum Gasteiger partial charge on any atom is 0.0739 e. The quantitative estimate of drug-likeness (QED) is 0.512. The summed E-state index contributed by atoms with van der Waals surface area (Å²) in [7, 11) is 0. The lowest BCUT2D eigenvalue weighted by molar-refractivity contribution is 0.821. The van der Waals surface area contributed by atoms with Crippen molar-refractivity contribution >= 4 is 33.5 Å². The van der Waals surface area contributed by atoms with Gasteiger partial charge in [-0.05, 0) is 10.8 Å². The molecule has 0 heterocycles. The third-order valence-electron chi connectivity index (χ3n) is 0.888. The summed E-state index contributed by atoms with van der Waals surface area (Å²) < 4.78 is 3.65. The van der Waals surface area contributed by atoms with Crippen molar-refractivity contribution < 1.29 is 0 Å². The van der Waals surface area contributed by atoms with Crippen molar-refractivity contribution in [2.45, 2.75) is 13.8 Å². The largest absolute Gasteiger partial charge is 0.208 e. The first kappa shape index (κ1) is 9.24. The van der Waals surface area contributed by atoms with Crippen LogP contribution in [0.25, 0.3) is 0 Å². The van der Waals surface area contributed by atoms with E-state index in [0.29, 0.717) is 5.92 Å². The topological polar surface area (TPSA) is 12.4 Å². The summed E-state index contributed by atoms with van der Waals surface area (Å²) >= 11 is 4.49. The molecule has 0 amide bonds. The molecule has 0 radical (unpaired) electrons. The Morgan fingerprint density at radius 3 is 2.67 bits per heavy atom. The highest BCUT2D eigenvalue weighted by Crippen LogP contribution is 2.19. The molecule has 0 aromatic carbocycles. The Morgan fingerprint density at radius 2 is 2.33 bits per heavy atom. The van der Waals surface area contributed by atoms with Crippen LogP contribution in [-0.2, 0) is 0 Å². The highest BCUT2D eigenvalue weighted by molar-refractivity contribution is 9.08. The van der Waals surface area contributed by atoms with Gasteiger partial charge in [0.05, 0.1) is 21.7 Å². The third-order valence-corrected chi connectivity index (χ3v) is 2.35. The summed E-state index contributed by atoms with van der Waals surface area (Å²) in [5, 5.41) is 0. The zero-order valence-electron chi connectivity index (χ0n) is 5.60. The zero-order valence-corrected chi connectivity index (χ0v) is 8.00. The summed E-state index contributed by atoms with van der Waals surface area (Å²) in [6.45, 7) is 8.06. The monoisotopic (exact) mass is 207 g/mol. The van der Waals surface area contributed by atoms with Crippen LogP contribution < -0.4 is 0 Å². The van der Waals surface area contributed by atoms with E-state index < -0.39 is 0 Å². The molecule has 0 rings (SSSR count). The van der Waals surface area contributed by atoms with Gasteiger partial charge in [0, 0.05) is 0 Å². The smallest absolute Gasteiger partial charge is 0.0739 e. The number of hydrogen-bond donors (Lipinski definition) is 0. The molecule has 0 unspecified atom stereocenters. The van der Waals surface area contributed by atoms with E-state index in [-0.39, 0.29) is 0 Å². The van der Waals surface area contributed by atoms with Crippen LogP contribution in [0.1, 0.15) is 13.8 Å². The van der Waals surface area contributed by atoms with Crippen LogP contribution in [-0.4, -0.2) is 5.55 Å². The molecule has 0 N–H and O–H groups in total. The first-order valence-corrected chi connectivity index (χ1v) is 4.25. The third kappa shape index (κ3) is 4.73. The molecular formula is C6H10BrNS. The van der Waals surface area contributed by atoms with E-state index in [1.807, 2.05) is 0 Å². The van der Waals surface area contributed by atoms with Crippen LogP contribution in [0.5, 0.6) is 0 Å². The second-order valence-electron chi connectivity index (χ2n) is 1.94. The van der Waals surface area contributed by atoms with Gasteiger partial charge in [0.25, 0.3) is 0 Å². The van der Waals surface area contributed by atoms with Crippen LogP contribution >= 0.6 is 27.9 Å². The van der Waals surface area contributed by atoms with E-state index in [2.05, 4.69) is 40.6 Å².